The minimum Gasteiger partial charge on any atom is -0.332 e. The van der Waals surface area contributed by atoms with Crippen LogP contribution in [0.5, 0.6) is 0 Å². The van der Waals surface area contributed by atoms with Gasteiger partial charge in [-0.2, -0.15) is 0 Å². The van der Waals surface area contributed by atoms with Gasteiger partial charge in [0.2, 0.25) is 0 Å². The minimum atomic E-state index is 0.0230. The van der Waals surface area contributed by atoms with Gasteiger partial charge < -0.3 is 4.98 Å². The molecule has 0 unspecified atom stereocenters. The average molecular weight is 276 g/mol. The zero-order chi connectivity index (χ0) is 13.7. The monoisotopic (exact) mass is 276 g/mol. The molecular weight excluding hydrogens is 256 g/mol. The minimum absolute atomic E-state index is 0.0230. The third kappa shape index (κ3) is 3.32. The zero-order valence-corrected chi connectivity index (χ0v) is 12.1. The van der Waals surface area contributed by atoms with Gasteiger partial charge in [0, 0.05) is 6.54 Å². The Morgan fingerprint density at radius 3 is 2.68 bits per heavy atom. The smallest absolute Gasteiger partial charge is 0.262 e. The van der Waals surface area contributed by atoms with Gasteiger partial charge in [0.1, 0.15) is 0 Å². The van der Waals surface area contributed by atoms with E-state index in [1.54, 1.807) is 4.57 Å². The first kappa shape index (κ1) is 14.0. The van der Waals surface area contributed by atoms with Crippen LogP contribution >= 0.6 is 12.2 Å². The molecule has 0 saturated heterocycles. The molecule has 3 nitrogen and oxygen atoms in total. The summed E-state index contributed by atoms with van der Waals surface area (Å²) in [6.45, 7) is 2.91. The van der Waals surface area contributed by atoms with Crippen LogP contribution in [0.2, 0.25) is 0 Å². The van der Waals surface area contributed by atoms with Crippen LogP contribution in [0.4, 0.5) is 0 Å². The number of rotatable bonds is 6. The van der Waals surface area contributed by atoms with Crippen LogP contribution in [0.1, 0.15) is 39.0 Å². The van der Waals surface area contributed by atoms with Gasteiger partial charge >= 0.3 is 0 Å². The highest BCUT2D eigenvalue weighted by Crippen LogP contribution is 2.08. The van der Waals surface area contributed by atoms with Gasteiger partial charge in [-0.1, -0.05) is 44.7 Å². The molecule has 0 saturated carbocycles. The van der Waals surface area contributed by atoms with Crippen LogP contribution in [-0.2, 0) is 6.54 Å². The fraction of sp³-hybridized carbons (Fsp3) is 0.467. The fourth-order valence-corrected chi connectivity index (χ4v) is 2.56. The summed E-state index contributed by atoms with van der Waals surface area (Å²) in [5, 5.41) is 0.713. The lowest BCUT2D eigenvalue weighted by Gasteiger charge is -2.07. The van der Waals surface area contributed by atoms with Crippen molar-refractivity contribution in [2.75, 3.05) is 0 Å². The SMILES string of the molecule is CCCCCCCn1c(=S)[nH]c2ccccc2c1=O. The molecule has 1 N–H and O–H groups in total. The molecule has 0 spiro atoms. The molecule has 0 amide bonds. The van der Waals surface area contributed by atoms with Crippen LogP contribution < -0.4 is 5.56 Å². The average Bonchev–Trinajstić information content (AvgIpc) is 2.42. The molecule has 1 aromatic heterocycles. The maximum Gasteiger partial charge on any atom is 0.262 e. The first-order valence-electron chi connectivity index (χ1n) is 6.96. The Balaban J connectivity index is 2.19. The topological polar surface area (TPSA) is 37.8 Å². The van der Waals surface area contributed by atoms with Crippen molar-refractivity contribution in [3.05, 3.63) is 39.4 Å². The summed E-state index contributed by atoms with van der Waals surface area (Å²) < 4.78 is 2.21. The summed E-state index contributed by atoms with van der Waals surface area (Å²) in [6, 6.07) is 7.52. The van der Waals surface area contributed by atoms with E-state index in [-0.39, 0.29) is 5.56 Å². The Hall–Kier alpha value is -1.42. The molecule has 1 heterocycles. The van der Waals surface area contributed by atoms with Crippen molar-refractivity contribution in [2.24, 2.45) is 0 Å². The van der Waals surface area contributed by atoms with Gasteiger partial charge in [-0.3, -0.25) is 9.36 Å². The summed E-state index contributed by atoms with van der Waals surface area (Å²) in [5.74, 6) is 0. The second-order valence-corrected chi connectivity index (χ2v) is 5.23. The Kier molecular flexibility index (Phi) is 4.91. The molecule has 2 aromatic rings. The second-order valence-electron chi connectivity index (χ2n) is 4.85. The summed E-state index contributed by atoms with van der Waals surface area (Å²) >= 11 is 5.28. The summed E-state index contributed by atoms with van der Waals surface area (Å²) in [7, 11) is 0. The van der Waals surface area contributed by atoms with Crippen LogP contribution in [0.15, 0.2) is 29.1 Å². The molecule has 0 atom stereocenters. The van der Waals surface area contributed by atoms with Crippen LogP contribution in [-0.4, -0.2) is 9.55 Å². The summed E-state index contributed by atoms with van der Waals surface area (Å²) in [6.07, 6.45) is 5.89. The highest BCUT2D eigenvalue weighted by atomic mass is 32.1. The Labute approximate surface area is 118 Å². The van der Waals surface area contributed by atoms with E-state index in [9.17, 15) is 4.79 Å². The first-order chi connectivity index (χ1) is 9.24. The molecule has 19 heavy (non-hydrogen) atoms. The van der Waals surface area contributed by atoms with Crippen LogP contribution in [0, 0.1) is 4.77 Å². The number of unbranched alkanes of at least 4 members (excludes halogenated alkanes) is 4. The van der Waals surface area contributed by atoms with Crippen molar-refractivity contribution in [1.82, 2.24) is 9.55 Å². The standard InChI is InChI=1S/C15H20N2OS/c1-2-3-4-5-8-11-17-14(18)12-9-6-7-10-13(12)16-15(17)19/h6-7,9-10H,2-5,8,11H2,1H3,(H,16,19). The summed E-state index contributed by atoms with van der Waals surface area (Å²) in [4.78, 5) is 15.5. The number of nitrogens with zero attached hydrogens (tertiary/aromatic N) is 1. The molecule has 2 rings (SSSR count). The molecule has 0 bridgehead atoms. The first-order valence-corrected chi connectivity index (χ1v) is 7.36. The summed E-state index contributed by atoms with van der Waals surface area (Å²) in [5.41, 5.74) is 0.842. The van der Waals surface area contributed by atoms with Crippen molar-refractivity contribution in [1.29, 1.82) is 0 Å². The van der Waals surface area contributed by atoms with Gasteiger partial charge in [0.15, 0.2) is 4.77 Å². The number of aromatic nitrogens is 2. The lowest BCUT2D eigenvalue weighted by atomic mass is 10.1. The van der Waals surface area contributed by atoms with E-state index < -0.39 is 0 Å². The molecule has 0 aliphatic rings. The Bertz CT molecular complexity index is 657. The molecule has 0 aliphatic heterocycles. The van der Waals surface area contributed by atoms with E-state index >= 15 is 0 Å². The number of nitrogens with one attached hydrogen (secondary N) is 1. The van der Waals surface area contributed by atoms with Gasteiger partial charge in [-0.05, 0) is 30.8 Å². The van der Waals surface area contributed by atoms with Crippen LogP contribution in [0.3, 0.4) is 0 Å². The van der Waals surface area contributed by atoms with E-state index in [0.29, 0.717) is 16.7 Å². The Morgan fingerprint density at radius 1 is 1.16 bits per heavy atom. The van der Waals surface area contributed by atoms with Gasteiger partial charge in [0.05, 0.1) is 10.9 Å². The quantitative estimate of drug-likeness (QED) is 0.639. The third-order valence-corrected chi connectivity index (χ3v) is 3.70. The lowest BCUT2D eigenvalue weighted by Crippen LogP contribution is -2.22. The van der Waals surface area contributed by atoms with Crippen molar-refractivity contribution in [2.45, 2.75) is 45.6 Å². The highest BCUT2D eigenvalue weighted by molar-refractivity contribution is 7.71. The number of benzene rings is 1. The molecule has 0 radical (unpaired) electrons. The van der Waals surface area contributed by atoms with E-state index in [1.165, 1.54) is 19.3 Å². The van der Waals surface area contributed by atoms with Gasteiger partial charge in [-0.15, -0.1) is 0 Å². The van der Waals surface area contributed by atoms with E-state index in [0.717, 1.165) is 18.4 Å². The predicted molar refractivity (Wildman–Crippen MR) is 82.2 cm³/mol. The zero-order valence-electron chi connectivity index (χ0n) is 11.3. The van der Waals surface area contributed by atoms with Crippen molar-refractivity contribution >= 4 is 23.1 Å². The second kappa shape index (κ2) is 6.66. The molecule has 0 fully saturated rings. The molecular formula is C15H20N2OS. The molecule has 4 heteroatoms. The number of aromatic amines is 1. The number of fused-ring (bicyclic) bond motifs is 1. The highest BCUT2D eigenvalue weighted by Gasteiger charge is 2.04. The Morgan fingerprint density at radius 2 is 1.89 bits per heavy atom. The van der Waals surface area contributed by atoms with Crippen molar-refractivity contribution < 1.29 is 0 Å². The third-order valence-electron chi connectivity index (χ3n) is 3.37. The normalized spacial score (nSPS) is 11.0. The van der Waals surface area contributed by atoms with E-state index in [4.69, 9.17) is 12.2 Å². The largest absolute Gasteiger partial charge is 0.332 e. The van der Waals surface area contributed by atoms with E-state index in [2.05, 4.69) is 11.9 Å². The predicted octanol–water partition coefficient (Wildman–Crippen LogP) is 4.03. The number of hydrogen-bond acceptors (Lipinski definition) is 2. The number of hydrogen-bond donors (Lipinski definition) is 1. The van der Waals surface area contributed by atoms with Crippen LogP contribution in [0.25, 0.3) is 10.9 Å². The number of para-hydroxylation sites is 1. The molecule has 1 aromatic carbocycles. The van der Waals surface area contributed by atoms with Crippen molar-refractivity contribution in [3.63, 3.8) is 0 Å². The molecule has 0 aliphatic carbocycles. The van der Waals surface area contributed by atoms with Gasteiger partial charge in [0.25, 0.3) is 5.56 Å². The lowest BCUT2D eigenvalue weighted by molar-refractivity contribution is 0.552. The van der Waals surface area contributed by atoms with Gasteiger partial charge in [-0.25, -0.2) is 0 Å². The van der Waals surface area contributed by atoms with E-state index in [1.807, 2.05) is 24.3 Å². The van der Waals surface area contributed by atoms with Crippen molar-refractivity contribution in [3.8, 4) is 0 Å². The maximum atomic E-state index is 12.3. The molecule has 102 valence electrons. The maximum absolute atomic E-state index is 12.3. The number of H-pyrrole nitrogens is 1. The fourth-order valence-electron chi connectivity index (χ4n) is 2.28.